The third-order valence-corrected chi connectivity index (χ3v) is 2.07. The van der Waals surface area contributed by atoms with Crippen molar-refractivity contribution in [1.82, 2.24) is 4.98 Å². The first-order valence-electron chi connectivity index (χ1n) is 3.95. The molecule has 15 heavy (non-hydrogen) atoms. The lowest BCUT2D eigenvalue weighted by atomic mass is 10.3. The zero-order valence-electron chi connectivity index (χ0n) is 8.22. The average molecular weight is 230 g/mol. The molecule has 0 aromatic carbocycles. The molecule has 0 saturated carbocycles. The molecule has 7 heteroatoms. The van der Waals surface area contributed by atoms with Crippen molar-refractivity contribution in [2.75, 3.05) is 18.1 Å². The SMILES string of the molecule is COC(=O)c1ncccc1NS(C)(=O)=O. The molecule has 1 heterocycles. The van der Waals surface area contributed by atoms with Gasteiger partial charge >= 0.3 is 5.97 Å². The first-order valence-corrected chi connectivity index (χ1v) is 5.84. The van der Waals surface area contributed by atoms with Crippen molar-refractivity contribution in [3.63, 3.8) is 0 Å². The van der Waals surface area contributed by atoms with Crippen LogP contribution in [0.3, 0.4) is 0 Å². The summed E-state index contributed by atoms with van der Waals surface area (Å²) in [7, 11) is -2.24. The molecule has 82 valence electrons. The number of pyridine rings is 1. The van der Waals surface area contributed by atoms with Gasteiger partial charge in [-0.25, -0.2) is 18.2 Å². The average Bonchev–Trinajstić information content (AvgIpc) is 2.15. The monoisotopic (exact) mass is 230 g/mol. The number of methoxy groups -OCH3 is 1. The number of carbonyl (C=O) groups excluding carboxylic acids is 1. The molecular weight excluding hydrogens is 220 g/mol. The second-order valence-electron chi connectivity index (χ2n) is 2.77. The van der Waals surface area contributed by atoms with Gasteiger partial charge in [0.25, 0.3) is 0 Å². The minimum absolute atomic E-state index is 0.0644. The highest BCUT2D eigenvalue weighted by atomic mass is 32.2. The number of sulfonamides is 1. The second kappa shape index (κ2) is 4.26. The molecule has 0 aliphatic heterocycles. The number of nitrogens with zero attached hydrogens (tertiary/aromatic N) is 1. The van der Waals surface area contributed by atoms with Crippen molar-refractivity contribution in [3.05, 3.63) is 24.0 Å². The molecule has 0 bridgehead atoms. The number of aromatic nitrogens is 1. The van der Waals surface area contributed by atoms with Crippen molar-refractivity contribution >= 4 is 21.7 Å². The number of ether oxygens (including phenoxy) is 1. The van der Waals surface area contributed by atoms with Gasteiger partial charge in [-0.15, -0.1) is 0 Å². The highest BCUT2D eigenvalue weighted by Crippen LogP contribution is 2.14. The molecule has 6 nitrogen and oxygen atoms in total. The van der Waals surface area contributed by atoms with Gasteiger partial charge in [-0.3, -0.25) is 4.72 Å². The third-order valence-electron chi connectivity index (χ3n) is 1.48. The third kappa shape index (κ3) is 3.21. The van der Waals surface area contributed by atoms with E-state index in [2.05, 4.69) is 14.4 Å². The summed E-state index contributed by atoms with van der Waals surface area (Å²) < 4.78 is 28.6. The fraction of sp³-hybridized carbons (Fsp3) is 0.250. The van der Waals surface area contributed by atoms with Crippen molar-refractivity contribution in [1.29, 1.82) is 0 Å². The summed E-state index contributed by atoms with van der Waals surface area (Å²) in [6, 6.07) is 2.94. The summed E-state index contributed by atoms with van der Waals surface area (Å²) >= 11 is 0. The van der Waals surface area contributed by atoms with E-state index in [1.54, 1.807) is 0 Å². The topological polar surface area (TPSA) is 85.4 Å². The number of hydrogen-bond acceptors (Lipinski definition) is 5. The van der Waals surface area contributed by atoms with Gasteiger partial charge in [0, 0.05) is 6.20 Å². The quantitative estimate of drug-likeness (QED) is 0.752. The Bertz CT molecular complexity index is 469. The lowest BCUT2D eigenvalue weighted by Crippen LogP contribution is -2.15. The maximum Gasteiger partial charge on any atom is 0.358 e. The molecule has 0 atom stereocenters. The van der Waals surface area contributed by atoms with E-state index >= 15 is 0 Å². The zero-order chi connectivity index (χ0) is 11.5. The van der Waals surface area contributed by atoms with Gasteiger partial charge < -0.3 is 4.74 Å². The fourth-order valence-corrected chi connectivity index (χ4v) is 1.51. The van der Waals surface area contributed by atoms with E-state index < -0.39 is 16.0 Å². The van der Waals surface area contributed by atoms with E-state index in [4.69, 9.17) is 0 Å². The van der Waals surface area contributed by atoms with Crippen molar-refractivity contribution in [2.45, 2.75) is 0 Å². The number of rotatable bonds is 3. The Kier molecular flexibility index (Phi) is 3.25. The Hall–Kier alpha value is -1.63. The minimum atomic E-state index is -3.44. The second-order valence-corrected chi connectivity index (χ2v) is 4.51. The van der Waals surface area contributed by atoms with Crippen LogP contribution in [0.1, 0.15) is 10.5 Å². The molecule has 1 N–H and O–H groups in total. The summed E-state index contributed by atoms with van der Waals surface area (Å²) in [5.41, 5.74) is 0.0391. The van der Waals surface area contributed by atoms with Crippen LogP contribution < -0.4 is 4.72 Å². The largest absolute Gasteiger partial charge is 0.464 e. The van der Waals surface area contributed by atoms with Crippen LogP contribution in [0.15, 0.2) is 18.3 Å². The van der Waals surface area contributed by atoms with Crippen LogP contribution in [0.2, 0.25) is 0 Å². The zero-order valence-corrected chi connectivity index (χ0v) is 9.04. The van der Waals surface area contributed by atoms with Gasteiger partial charge in [0.15, 0.2) is 5.69 Å². The summed E-state index contributed by atoms with van der Waals surface area (Å²) in [6.07, 6.45) is 2.36. The van der Waals surface area contributed by atoms with Crippen LogP contribution in [0, 0.1) is 0 Å². The van der Waals surface area contributed by atoms with Gasteiger partial charge in [0.2, 0.25) is 10.0 Å². The normalized spacial score (nSPS) is 10.8. The predicted octanol–water partition coefficient (Wildman–Crippen LogP) is 0.240. The van der Waals surface area contributed by atoms with Gasteiger partial charge in [0.05, 0.1) is 19.1 Å². The highest BCUT2D eigenvalue weighted by molar-refractivity contribution is 7.92. The highest BCUT2D eigenvalue weighted by Gasteiger charge is 2.15. The Balaban J connectivity index is 3.13. The van der Waals surface area contributed by atoms with E-state index in [-0.39, 0.29) is 11.4 Å². The van der Waals surface area contributed by atoms with Crippen LogP contribution in [-0.4, -0.2) is 32.7 Å². The molecule has 1 rings (SSSR count). The summed E-state index contributed by atoms with van der Waals surface area (Å²) in [4.78, 5) is 14.9. The molecule has 0 unspecified atom stereocenters. The molecule has 0 aliphatic rings. The molecule has 1 aromatic rings. The summed E-state index contributed by atoms with van der Waals surface area (Å²) in [5.74, 6) is -0.693. The Morgan fingerprint density at radius 3 is 2.73 bits per heavy atom. The smallest absolute Gasteiger partial charge is 0.358 e. The number of hydrogen-bond donors (Lipinski definition) is 1. The van der Waals surface area contributed by atoms with Gasteiger partial charge in [-0.05, 0) is 12.1 Å². The minimum Gasteiger partial charge on any atom is -0.464 e. The van der Waals surface area contributed by atoms with Crippen LogP contribution >= 0.6 is 0 Å². The van der Waals surface area contributed by atoms with Gasteiger partial charge in [0.1, 0.15) is 0 Å². The molecule has 0 fully saturated rings. The Morgan fingerprint density at radius 1 is 1.53 bits per heavy atom. The standard InChI is InChI=1S/C8H10N2O4S/c1-14-8(11)7-6(4-3-5-9-7)10-15(2,12)13/h3-5,10H,1-2H3. The number of anilines is 1. The number of nitrogens with one attached hydrogen (secondary N) is 1. The molecule has 0 radical (unpaired) electrons. The number of esters is 1. The van der Waals surface area contributed by atoms with Crippen LogP contribution in [0.5, 0.6) is 0 Å². The Morgan fingerprint density at radius 2 is 2.20 bits per heavy atom. The summed E-state index contributed by atoms with van der Waals surface area (Å²) in [5, 5.41) is 0. The van der Waals surface area contributed by atoms with E-state index in [9.17, 15) is 13.2 Å². The van der Waals surface area contributed by atoms with Crippen LogP contribution in [-0.2, 0) is 14.8 Å². The molecule has 0 amide bonds. The fourth-order valence-electron chi connectivity index (χ4n) is 0.947. The Labute approximate surface area is 87.3 Å². The first-order chi connectivity index (χ1) is 6.94. The molecule has 0 saturated heterocycles. The van der Waals surface area contributed by atoms with E-state index in [1.165, 1.54) is 25.4 Å². The molecule has 1 aromatic heterocycles. The van der Waals surface area contributed by atoms with Crippen molar-refractivity contribution in [3.8, 4) is 0 Å². The lowest BCUT2D eigenvalue weighted by molar-refractivity contribution is 0.0595. The van der Waals surface area contributed by atoms with Gasteiger partial charge in [-0.2, -0.15) is 0 Å². The first kappa shape index (κ1) is 11.4. The summed E-state index contributed by atoms with van der Waals surface area (Å²) in [6.45, 7) is 0. The van der Waals surface area contributed by atoms with Gasteiger partial charge in [-0.1, -0.05) is 0 Å². The van der Waals surface area contributed by atoms with Crippen molar-refractivity contribution < 1.29 is 17.9 Å². The van der Waals surface area contributed by atoms with Crippen LogP contribution in [0.25, 0.3) is 0 Å². The molecular formula is C8H10N2O4S. The molecule has 0 aliphatic carbocycles. The van der Waals surface area contributed by atoms with E-state index in [0.29, 0.717) is 0 Å². The lowest BCUT2D eigenvalue weighted by Gasteiger charge is -2.07. The molecule has 0 spiro atoms. The number of carbonyl (C=O) groups is 1. The van der Waals surface area contributed by atoms with E-state index in [1.807, 2.05) is 0 Å². The predicted molar refractivity (Wildman–Crippen MR) is 54.0 cm³/mol. The maximum atomic E-state index is 11.2. The van der Waals surface area contributed by atoms with E-state index in [0.717, 1.165) is 6.26 Å². The maximum absolute atomic E-state index is 11.2. The van der Waals surface area contributed by atoms with Crippen molar-refractivity contribution in [2.24, 2.45) is 0 Å². The van der Waals surface area contributed by atoms with Crippen LogP contribution in [0.4, 0.5) is 5.69 Å².